The predicted molar refractivity (Wildman–Crippen MR) is 71.0 cm³/mol. The zero-order chi connectivity index (χ0) is 12.1. The second kappa shape index (κ2) is 6.18. The first-order valence-electron chi connectivity index (χ1n) is 7.03. The number of rotatable bonds is 4. The Bertz CT molecular complexity index is 315. The van der Waals surface area contributed by atoms with Gasteiger partial charge in [0, 0.05) is 18.4 Å². The topological polar surface area (TPSA) is 21.1 Å². The first kappa shape index (κ1) is 12.6. The number of hydrogen-bond acceptors (Lipinski definition) is 0. The summed E-state index contributed by atoms with van der Waals surface area (Å²) in [5.41, 5.74) is 1.46. The van der Waals surface area contributed by atoms with Crippen molar-refractivity contribution in [1.29, 1.82) is 0 Å². The Morgan fingerprint density at radius 3 is 2.47 bits per heavy atom. The van der Waals surface area contributed by atoms with Gasteiger partial charge in [-0.1, -0.05) is 30.3 Å². The smallest absolute Gasteiger partial charge is 0.109 e. The molecule has 1 aromatic rings. The van der Waals surface area contributed by atoms with E-state index in [0.29, 0.717) is 6.04 Å². The minimum absolute atomic E-state index is 0.601. The maximum atomic E-state index is 2.57. The second-order valence-corrected chi connectivity index (χ2v) is 5.33. The van der Waals surface area contributed by atoms with Crippen molar-refractivity contribution in [2.75, 3.05) is 19.6 Å². The van der Waals surface area contributed by atoms with E-state index in [1.54, 1.807) is 4.90 Å². The molecule has 0 unspecified atom stereocenters. The van der Waals surface area contributed by atoms with Crippen LogP contribution in [0.2, 0.25) is 0 Å². The van der Waals surface area contributed by atoms with Gasteiger partial charge in [-0.2, -0.15) is 0 Å². The van der Waals surface area contributed by atoms with E-state index in [1.807, 2.05) is 0 Å². The third-order valence-corrected chi connectivity index (χ3v) is 4.12. The molecule has 1 fully saturated rings. The zero-order valence-electron chi connectivity index (χ0n) is 11.2. The summed E-state index contributed by atoms with van der Waals surface area (Å²) in [7, 11) is 0. The summed E-state index contributed by atoms with van der Waals surface area (Å²) in [5, 5.41) is 2.57. The van der Waals surface area contributed by atoms with E-state index < -0.39 is 0 Å². The quantitative estimate of drug-likeness (QED) is 0.751. The van der Waals surface area contributed by atoms with Crippen molar-refractivity contribution in [3.05, 3.63) is 35.9 Å². The molecule has 0 saturated carbocycles. The number of hydrogen-bond donors (Lipinski definition) is 2. The van der Waals surface area contributed by atoms with Crippen molar-refractivity contribution in [3.63, 3.8) is 0 Å². The molecule has 0 bridgehead atoms. The highest BCUT2D eigenvalue weighted by atomic mass is 15.1. The number of likely N-dealkylation sites (tertiary alicyclic amines) is 1. The summed E-state index contributed by atoms with van der Waals surface area (Å²) in [5.74, 6) is 0. The summed E-state index contributed by atoms with van der Waals surface area (Å²) < 4.78 is 0. The Morgan fingerprint density at radius 1 is 1.24 bits per heavy atom. The molecule has 17 heavy (non-hydrogen) atoms. The van der Waals surface area contributed by atoms with E-state index >= 15 is 0 Å². The SMILES string of the molecule is CC[NH+]1CCC([NH2+][C@@H](C)c2ccccc2)CC1. The Kier molecular flexibility index (Phi) is 4.57. The van der Waals surface area contributed by atoms with Crippen LogP contribution in [0.15, 0.2) is 30.3 Å². The highest BCUT2D eigenvalue weighted by Crippen LogP contribution is 2.07. The van der Waals surface area contributed by atoms with Crippen LogP contribution in [0.3, 0.4) is 0 Å². The van der Waals surface area contributed by atoms with Gasteiger partial charge < -0.3 is 10.2 Å². The van der Waals surface area contributed by atoms with Crippen LogP contribution in [-0.4, -0.2) is 25.7 Å². The van der Waals surface area contributed by atoms with Gasteiger partial charge in [0.15, 0.2) is 0 Å². The van der Waals surface area contributed by atoms with E-state index in [4.69, 9.17) is 0 Å². The fraction of sp³-hybridized carbons (Fsp3) is 0.600. The van der Waals surface area contributed by atoms with Gasteiger partial charge in [0.05, 0.1) is 25.7 Å². The lowest BCUT2D eigenvalue weighted by molar-refractivity contribution is -0.912. The van der Waals surface area contributed by atoms with E-state index in [-0.39, 0.29) is 0 Å². The normalized spacial score (nSPS) is 26.7. The molecule has 2 rings (SSSR count). The summed E-state index contributed by atoms with van der Waals surface area (Å²) in [6.45, 7) is 8.64. The minimum atomic E-state index is 0.601. The maximum Gasteiger partial charge on any atom is 0.109 e. The van der Waals surface area contributed by atoms with Crippen LogP contribution in [0.4, 0.5) is 0 Å². The fourth-order valence-electron chi connectivity index (χ4n) is 2.87. The van der Waals surface area contributed by atoms with Crippen LogP contribution in [0.25, 0.3) is 0 Å². The number of nitrogens with one attached hydrogen (secondary N) is 1. The molecule has 1 aromatic carbocycles. The van der Waals surface area contributed by atoms with Crippen LogP contribution in [0.5, 0.6) is 0 Å². The highest BCUT2D eigenvalue weighted by molar-refractivity contribution is 5.16. The zero-order valence-corrected chi connectivity index (χ0v) is 11.2. The number of piperidine rings is 1. The highest BCUT2D eigenvalue weighted by Gasteiger charge is 2.25. The minimum Gasteiger partial charge on any atom is -0.337 e. The molecule has 2 nitrogen and oxygen atoms in total. The Balaban J connectivity index is 1.82. The number of quaternary nitrogens is 2. The molecule has 0 amide bonds. The van der Waals surface area contributed by atoms with Crippen molar-refractivity contribution in [3.8, 4) is 0 Å². The molecule has 0 radical (unpaired) electrons. The summed E-state index contributed by atoms with van der Waals surface area (Å²) in [6.07, 6.45) is 2.75. The predicted octanol–water partition coefficient (Wildman–Crippen LogP) is 0.378. The van der Waals surface area contributed by atoms with E-state index in [9.17, 15) is 0 Å². The molecule has 0 aromatic heterocycles. The lowest BCUT2D eigenvalue weighted by Gasteiger charge is -2.28. The summed E-state index contributed by atoms with van der Waals surface area (Å²) in [6, 6.07) is 12.3. The van der Waals surface area contributed by atoms with Gasteiger partial charge in [-0.15, -0.1) is 0 Å². The van der Waals surface area contributed by atoms with Gasteiger partial charge in [-0.25, -0.2) is 0 Å². The monoisotopic (exact) mass is 234 g/mol. The average molecular weight is 234 g/mol. The van der Waals surface area contributed by atoms with Gasteiger partial charge in [0.25, 0.3) is 0 Å². The largest absolute Gasteiger partial charge is 0.337 e. The lowest BCUT2D eigenvalue weighted by Crippen LogP contribution is -3.14. The van der Waals surface area contributed by atoms with Crippen molar-refractivity contribution in [2.45, 2.75) is 38.8 Å². The van der Waals surface area contributed by atoms with Crippen LogP contribution in [0.1, 0.15) is 38.3 Å². The molecule has 1 heterocycles. The molecule has 3 N–H and O–H groups in total. The van der Waals surface area contributed by atoms with Gasteiger partial charge in [-0.05, 0) is 13.8 Å². The molecule has 0 aliphatic carbocycles. The first-order chi connectivity index (χ1) is 8.29. The number of nitrogens with two attached hydrogens (primary N) is 1. The van der Waals surface area contributed by atoms with Crippen molar-refractivity contribution in [1.82, 2.24) is 0 Å². The van der Waals surface area contributed by atoms with Crippen LogP contribution < -0.4 is 10.2 Å². The Labute approximate surface area is 105 Å². The first-order valence-corrected chi connectivity index (χ1v) is 7.03. The van der Waals surface area contributed by atoms with Crippen LogP contribution >= 0.6 is 0 Å². The summed E-state index contributed by atoms with van der Waals surface area (Å²) >= 11 is 0. The van der Waals surface area contributed by atoms with Crippen LogP contribution in [-0.2, 0) is 0 Å². The van der Waals surface area contributed by atoms with E-state index in [0.717, 1.165) is 6.04 Å². The van der Waals surface area contributed by atoms with Gasteiger partial charge in [-0.3, -0.25) is 0 Å². The third kappa shape index (κ3) is 3.55. The van der Waals surface area contributed by atoms with Crippen LogP contribution in [0, 0.1) is 0 Å². The summed E-state index contributed by atoms with van der Waals surface area (Å²) in [4.78, 5) is 1.78. The van der Waals surface area contributed by atoms with Crippen molar-refractivity contribution in [2.24, 2.45) is 0 Å². The van der Waals surface area contributed by atoms with Gasteiger partial charge in [0.1, 0.15) is 6.04 Å². The molecule has 1 aliphatic rings. The molecule has 1 saturated heterocycles. The van der Waals surface area contributed by atoms with Crippen molar-refractivity contribution < 1.29 is 10.2 Å². The number of benzene rings is 1. The van der Waals surface area contributed by atoms with Gasteiger partial charge >= 0.3 is 0 Å². The molecule has 0 spiro atoms. The third-order valence-electron chi connectivity index (χ3n) is 4.12. The van der Waals surface area contributed by atoms with E-state index in [2.05, 4.69) is 49.5 Å². The maximum absolute atomic E-state index is 2.57. The average Bonchev–Trinajstić information content (AvgIpc) is 2.40. The molecule has 94 valence electrons. The second-order valence-electron chi connectivity index (χ2n) is 5.33. The molecule has 2 heteroatoms. The molecular weight excluding hydrogens is 208 g/mol. The van der Waals surface area contributed by atoms with Crippen molar-refractivity contribution >= 4 is 0 Å². The molecular formula is C15H26N2+2. The Hall–Kier alpha value is -0.860. The van der Waals surface area contributed by atoms with Gasteiger partial charge in [0.2, 0.25) is 0 Å². The van der Waals surface area contributed by atoms with E-state index in [1.165, 1.54) is 38.0 Å². The molecule has 1 aliphatic heterocycles. The fourth-order valence-corrected chi connectivity index (χ4v) is 2.87. The Morgan fingerprint density at radius 2 is 1.88 bits per heavy atom. The molecule has 1 atom stereocenters. The standard InChI is InChI=1S/C15H24N2/c1-3-17-11-9-15(10-12-17)16-13(2)14-7-5-4-6-8-14/h4-8,13,15-16H,3,9-12H2,1-2H3/p+2/t13-/m0/s1. The lowest BCUT2D eigenvalue weighted by atomic mass is 10.0.